The Morgan fingerprint density at radius 1 is 1.20 bits per heavy atom. The van der Waals surface area contributed by atoms with Crippen LogP contribution >= 0.6 is 0 Å². The highest BCUT2D eigenvalue weighted by Gasteiger charge is 2.72. The van der Waals surface area contributed by atoms with Crippen LogP contribution in [0.25, 0.3) is 0 Å². The molecule has 2 bridgehead atoms. The first kappa shape index (κ1) is 24.1. The van der Waals surface area contributed by atoms with Crippen LogP contribution in [0.3, 0.4) is 0 Å². The van der Waals surface area contributed by atoms with Gasteiger partial charge in [0, 0.05) is 22.3 Å². The molecule has 8 heteroatoms. The molecule has 4 aliphatic rings. The molecule has 3 aliphatic heterocycles. The molecule has 190 valence electrons. The van der Waals surface area contributed by atoms with Crippen LogP contribution in [0.2, 0.25) is 0 Å². The van der Waals surface area contributed by atoms with Crippen molar-refractivity contribution in [1.82, 2.24) is 0 Å². The van der Waals surface area contributed by atoms with Gasteiger partial charge in [-0.2, -0.15) is 0 Å². The lowest BCUT2D eigenvalue weighted by atomic mass is 9.45. The summed E-state index contributed by atoms with van der Waals surface area (Å²) >= 11 is 0. The molecule has 1 aliphatic carbocycles. The highest BCUT2D eigenvalue weighted by Crippen LogP contribution is 2.70. The molecule has 0 unspecified atom stereocenters. The van der Waals surface area contributed by atoms with Crippen molar-refractivity contribution < 1.29 is 37.7 Å². The first-order valence-electron chi connectivity index (χ1n) is 12.3. The molecule has 0 amide bonds. The van der Waals surface area contributed by atoms with E-state index < -0.39 is 34.2 Å². The second-order valence-corrected chi connectivity index (χ2v) is 11.6. The third-order valence-corrected chi connectivity index (χ3v) is 9.59. The molecule has 4 fully saturated rings. The number of rotatable bonds is 3. The van der Waals surface area contributed by atoms with Gasteiger partial charge in [-0.25, -0.2) is 0 Å². The monoisotopic (exact) mass is 486 g/mol. The summed E-state index contributed by atoms with van der Waals surface area (Å²) in [6, 6.07) is 1.81. The fourth-order valence-corrected chi connectivity index (χ4v) is 7.78. The lowest BCUT2D eigenvalue weighted by molar-refractivity contribution is -0.290. The molecule has 0 radical (unpaired) electrons. The number of ether oxygens (including phenoxy) is 4. The van der Waals surface area contributed by atoms with E-state index >= 15 is 0 Å². The number of hydrogen-bond acceptors (Lipinski definition) is 8. The molecule has 1 aromatic heterocycles. The Bertz CT molecular complexity index is 1070. The zero-order chi connectivity index (χ0) is 25.4. The van der Waals surface area contributed by atoms with Crippen LogP contribution in [0, 0.1) is 22.7 Å². The van der Waals surface area contributed by atoms with Gasteiger partial charge in [-0.15, -0.1) is 0 Å². The smallest absolute Gasteiger partial charge is 0.309 e. The van der Waals surface area contributed by atoms with E-state index in [1.54, 1.807) is 12.5 Å². The number of furan rings is 1. The normalized spacial score (nSPS) is 42.1. The van der Waals surface area contributed by atoms with Gasteiger partial charge in [0.25, 0.3) is 0 Å². The Hall–Kier alpha value is -2.61. The predicted octanol–water partition coefficient (Wildman–Crippen LogP) is 4.29. The van der Waals surface area contributed by atoms with Crippen LogP contribution in [0.15, 0.2) is 35.2 Å². The summed E-state index contributed by atoms with van der Waals surface area (Å²) in [5.74, 6) is -1.58. The maximum absolute atomic E-state index is 13.0. The van der Waals surface area contributed by atoms with Crippen molar-refractivity contribution in [3.8, 4) is 0 Å². The standard InChI is InChI=1S/C27H34O8/c1-15-17-7-9-25(4)23(16-8-10-32-14-16)33-22(30)13-27(15,25)34-19-12-21(29)35-24(2,3)18(26(17,19)5)11-20(28)31-6/h8,10,14,17-19,23H,1,7,9,11-13H2,2-6H3/t17-,18-,19+,23+,25-,26+,27-/m1/s1. The second-order valence-electron chi connectivity index (χ2n) is 11.6. The van der Waals surface area contributed by atoms with E-state index in [9.17, 15) is 14.4 Å². The topological polar surface area (TPSA) is 101 Å². The third-order valence-electron chi connectivity index (χ3n) is 9.59. The predicted molar refractivity (Wildman–Crippen MR) is 123 cm³/mol. The molecule has 1 saturated carbocycles. The van der Waals surface area contributed by atoms with Crippen molar-refractivity contribution in [1.29, 1.82) is 0 Å². The molecule has 4 heterocycles. The summed E-state index contributed by atoms with van der Waals surface area (Å²) in [4.78, 5) is 38.5. The Kier molecular flexibility index (Phi) is 5.30. The summed E-state index contributed by atoms with van der Waals surface area (Å²) in [6.07, 6.45) is 3.63. The van der Waals surface area contributed by atoms with Crippen LogP contribution in [0.5, 0.6) is 0 Å². The minimum atomic E-state index is -1.01. The molecular weight excluding hydrogens is 452 g/mol. The van der Waals surface area contributed by atoms with Crippen molar-refractivity contribution >= 4 is 17.9 Å². The minimum absolute atomic E-state index is 0.0277. The largest absolute Gasteiger partial charge is 0.472 e. The quantitative estimate of drug-likeness (QED) is 0.354. The molecule has 1 spiro atoms. The molecule has 7 atom stereocenters. The van der Waals surface area contributed by atoms with Crippen LogP contribution < -0.4 is 0 Å². The van der Waals surface area contributed by atoms with Gasteiger partial charge >= 0.3 is 17.9 Å². The van der Waals surface area contributed by atoms with Crippen molar-refractivity contribution in [2.45, 2.75) is 83.2 Å². The van der Waals surface area contributed by atoms with Gasteiger partial charge in [-0.1, -0.05) is 20.4 Å². The van der Waals surface area contributed by atoms with Gasteiger partial charge in [0.15, 0.2) is 0 Å². The summed E-state index contributed by atoms with van der Waals surface area (Å²) in [5.41, 5.74) is -1.58. The number of hydrogen-bond donors (Lipinski definition) is 0. The number of cyclic esters (lactones) is 2. The SMILES string of the molecule is C=C1[C@H]2CC[C@]3(C)[C@H](c4ccoc4)OC(=O)C[C@@]13O[C@H]1CC(=O)OC(C)(C)[C@@H](CC(=O)OC)[C@@]12C. The maximum atomic E-state index is 13.0. The van der Waals surface area contributed by atoms with E-state index in [0.717, 1.165) is 17.6 Å². The molecule has 8 nitrogen and oxygen atoms in total. The number of esters is 3. The molecule has 1 aromatic rings. The molecule has 35 heavy (non-hydrogen) atoms. The fourth-order valence-electron chi connectivity index (χ4n) is 7.78. The Balaban J connectivity index is 1.65. The zero-order valence-electron chi connectivity index (χ0n) is 21.1. The van der Waals surface area contributed by atoms with E-state index in [-0.39, 0.29) is 49.0 Å². The van der Waals surface area contributed by atoms with Crippen LogP contribution in [0.1, 0.15) is 71.5 Å². The Labute approximate surface area is 205 Å². The van der Waals surface area contributed by atoms with E-state index in [2.05, 4.69) is 20.4 Å². The van der Waals surface area contributed by atoms with Gasteiger partial charge in [0.2, 0.25) is 0 Å². The number of carbonyl (C=O) groups excluding carboxylic acids is 3. The fraction of sp³-hybridized carbons (Fsp3) is 0.667. The first-order chi connectivity index (χ1) is 16.4. The molecule has 0 N–H and O–H groups in total. The van der Waals surface area contributed by atoms with Gasteiger partial charge in [0.1, 0.15) is 17.3 Å². The first-order valence-corrected chi connectivity index (χ1v) is 12.3. The lowest BCUT2D eigenvalue weighted by Gasteiger charge is -2.68. The molecule has 0 aromatic carbocycles. The van der Waals surface area contributed by atoms with Crippen molar-refractivity contribution in [3.05, 3.63) is 36.3 Å². The molecule has 5 rings (SSSR count). The van der Waals surface area contributed by atoms with Gasteiger partial charge in [-0.3, -0.25) is 14.4 Å². The summed E-state index contributed by atoms with van der Waals surface area (Å²) in [5, 5.41) is 0. The van der Waals surface area contributed by atoms with E-state index in [4.69, 9.17) is 23.4 Å². The van der Waals surface area contributed by atoms with E-state index in [1.807, 2.05) is 19.9 Å². The van der Waals surface area contributed by atoms with Crippen molar-refractivity contribution in [2.75, 3.05) is 7.11 Å². The molecular formula is C27H34O8. The second kappa shape index (κ2) is 7.69. The molecule has 3 saturated heterocycles. The van der Waals surface area contributed by atoms with Gasteiger partial charge in [0.05, 0.1) is 45.0 Å². The highest BCUT2D eigenvalue weighted by molar-refractivity contribution is 5.75. The van der Waals surface area contributed by atoms with Crippen molar-refractivity contribution in [3.63, 3.8) is 0 Å². The van der Waals surface area contributed by atoms with Crippen LogP contribution in [0.4, 0.5) is 0 Å². The number of fused-ring (bicyclic) bond motifs is 3. The number of carbonyl (C=O) groups is 3. The van der Waals surface area contributed by atoms with E-state index in [0.29, 0.717) is 6.42 Å². The maximum Gasteiger partial charge on any atom is 0.309 e. The summed E-state index contributed by atoms with van der Waals surface area (Å²) in [7, 11) is 1.36. The lowest BCUT2D eigenvalue weighted by Crippen LogP contribution is -2.70. The van der Waals surface area contributed by atoms with Crippen LogP contribution in [-0.4, -0.2) is 42.3 Å². The van der Waals surface area contributed by atoms with Crippen molar-refractivity contribution in [2.24, 2.45) is 22.7 Å². The Morgan fingerprint density at radius 2 is 1.94 bits per heavy atom. The van der Waals surface area contributed by atoms with Crippen LogP contribution in [-0.2, 0) is 33.3 Å². The number of methoxy groups -OCH3 is 1. The van der Waals surface area contributed by atoms with E-state index in [1.165, 1.54) is 7.11 Å². The minimum Gasteiger partial charge on any atom is -0.472 e. The average Bonchev–Trinajstić information content (AvgIpc) is 3.29. The summed E-state index contributed by atoms with van der Waals surface area (Å²) < 4.78 is 29.1. The van der Waals surface area contributed by atoms with Gasteiger partial charge in [-0.05, 0) is 44.2 Å². The zero-order valence-corrected chi connectivity index (χ0v) is 21.1. The highest BCUT2D eigenvalue weighted by atomic mass is 16.6. The van der Waals surface area contributed by atoms with Gasteiger partial charge < -0.3 is 23.4 Å². The Morgan fingerprint density at radius 3 is 2.60 bits per heavy atom. The summed E-state index contributed by atoms with van der Waals surface area (Å²) in [6.45, 7) is 12.4. The average molecular weight is 487 g/mol. The third kappa shape index (κ3) is 3.18.